The molecule has 3 aromatic heterocycles. The molecule has 3 fully saturated rings. The highest BCUT2D eigenvalue weighted by Gasteiger charge is 2.57. The molecule has 3 aliphatic heterocycles. The van der Waals surface area contributed by atoms with Gasteiger partial charge in [-0.1, -0.05) is 23.9 Å². The molecule has 4 aromatic rings. The van der Waals surface area contributed by atoms with Gasteiger partial charge in [0.1, 0.15) is 39.8 Å². The van der Waals surface area contributed by atoms with Crippen LogP contribution in [0.1, 0.15) is 22.0 Å². The lowest BCUT2D eigenvalue weighted by Crippen LogP contribution is -2.74. The summed E-state index contributed by atoms with van der Waals surface area (Å²) in [6.45, 7) is 2.87. The van der Waals surface area contributed by atoms with Crippen molar-refractivity contribution in [3.05, 3.63) is 58.0 Å². The third-order valence-corrected chi connectivity index (χ3v) is 11.9. The molecule has 266 valence electrons. The van der Waals surface area contributed by atoms with Crippen LogP contribution in [-0.2, 0) is 21.4 Å². The molecule has 0 radical (unpaired) electrons. The van der Waals surface area contributed by atoms with E-state index in [0.717, 1.165) is 13.1 Å². The molecule has 0 aliphatic carbocycles. The summed E-state index contributed by atoms with van der Waals surface area (Å²) in [4.78, 5) is 81.7. The average molecular weight is 737 g/mol. The predicted octanol–water partition coefficient (Wildman–Crippen LogP) is -1.31. The first-order chi connectivity index (χ1) is 24.5. The highest BCUT2D eigenvalue weighted by atomic mass is 32.2. The van der Waals surface area contributed by atoms with Gasteiger partial charge < -0.3 is 40.9 Å². The Bertz CT molecular complexity index is 2070. The van der Waals surface area contributed by atoms with Crippen molar-refractivity contribution in [3.8, 4) is 5.75 Å². The zero-order valence-corrected chi connectivity index (χ0v) is 28.6. The first-order valence-corrected chi connectivity index (χ1v) is 17.8. The fourth-order valence-electron chi connectivity index (χ4n) is 6.05. The van der Waals surface area contributed by atoms with Crippen molar-refractivity contribution in [2.24, 2.45) is 12.5 Å². The number of piperazine rings is 1. The maximum absolute atomic E-state index is 13.8. The van der Waals surface area contributed by atoms with Gasteiger partial charge in [-0.15, -0.1) is 16.9 Å². The van der Waals surface area contributed by atoms with Crippen molar-refractivity contribution in [1.29, 1.82) is 0 Å². The molecule has 3 amide bonds. The van der Waals surface area contributed by atoms with Crippen LogP contribution >= 0.6 is 23.5 Å². The van der Waals surface area contributed by atoms with Crippen LogP contribution in [0, 0.1) is 5.41 Å². The fraction of sp³-hybridized carbons (Fsp3) is 0.400. The van der Waals surface area contributed by atoms with Crippen LogP contribution in [0.2, 0.25) is 0 Å². The minimum Gasteiger partial charge on any atom is -0.508 e. The van der Waals surface area contributed by atoms with Crippen LogP contribution in [0.25, 0.3) is 11.0 Å². The molecule has 3 aliphatic rings. The van der Waals surface area contributed by atoms with E-state index in [1.165, 1.54) is 69.8 Å². The predicted molar refractivity (Wildman–Crippen MR) is 183 cm³/mol. The number of nitrogens with zero attached hydrogens (tertiary/aromatic N) is 8. The van der Waals surface area contributed by atoms with Crippen molar-refractivity contribution in [2.45, 2.75) is 22.6 Å². The maximum atomic E-state index is 13.8. The van der Waals surface area contributed by atoms with E-state index in [0.29, 0.717) is 24.2 Å². The molecule has 1 aromatic carbocycles. The summed E-state index contributed by atoms with van der Waals surface area (Å²) in [5.41, 5.74) is -1.68. The van der Waals surface area contributed by atoms with Gasteiger partial charge in [-0.25, -0.2) is 9.67 Å². The molecule has 3 unspecified atom stereocenters. The number of benzene rings is 1. The van der Waals surface area contributed by atoms with Crippen molar-refractivity contribution in [2.75, 3.05) is 49.1 Å². The Morgan fingerprint density at radius 1 is 1.18 bits per heavy atom. The quantitative estimate of drug-likeness (QED) is 0.0817. The summed E-state index contributed by atoms with van der Waals surface area (Å²) in [6, 6.07) is 3.19. The van der Waals surface area contributed by atoms with Crippen LogP contribution in [0.3, 0.4) is 0 Å². The van der Waals surface area contributed by atoms with Crippen molar-refractivity contribution < 1.29 is 29.4 Å². The number of nitrogens with one attached hydrogen (secondary N) is 4. The van der Waals surface area contributed by atoms with Crippen molar-refractivity contribution >= 4 is 64.2 Å². The van der Waals surface area contributed by atoms with Gasteiger partial charge >= 0.3 is 5.97 Å². The second-order valence-corrected chi connectivity index (χ2v) is 14.4. The summed E-state index contributed by atoms with van der Waals surface area (Å²) >= 11 is 2.40. The number of aromatic nitrogens is 7. The number of carboxylic acids is 1. The molecule has 6 heterocycles. The highest BCUT2D eigenvalue weighted by Crippen LogP contribution is 2.44. The number of hydrogen-bond donors (Lipinski definition) is 6. The standard InChI is InChI=1S/C30H32N12O7S2/c1-40-29(37-38-39-40)51-14-30(27(48)49)12-42-25(47)20(26(42)50-13-30)35-24(46)19(15-2-4-16(43)5-3-15)34-23(45)18-11-32-22-17(21(18)44)10-33-28(36-22)41-8-6-31-7-9-41/h2-5,10-11,19-20,26,31,43H,6-9,12-14H2,1H3,(H,34,45)(H,35,46)(H,48,49)(H,32,33,36,44)/t19?,20?,26-,30?/m1/s1. The number of aliphatic carboxylic acids is 1. The van der Waals surface area contributed by atoms with Crippen molar-refractivity contribution in [1.82, 2.24) is 56.0 Å². The van der Waals surface area contributed by atoms with E-state index in [4.69, 9.17) is 0 Å². The fourth-order valence-corrected chi connectivity index (χ4v) is 8.76. The number of H-pyrrole nitrogens is 1. The monoisotopic (exact) mass is 736 g/mol. The van der Waals surface area contributed by atoms with Gasteiger partial charge in [0.25, 0.3) is 5.91 Å². The molecule has 7 rings (SSSR count). The van der Waals surface area contributed by atoms with Crippen LogP contribution in [0.15, 0.2) is 46.6 Å². The number of carbonyl (C=O) groups is 4. The maximum Gasteiger partial charge on any atom is 0.313 e. The number of hydrogen-bond acceptors (Lipinski definition) is 15. The number of pyridine rings is 1. The van der Waals surface area contributed by atoms with Crippen molar-refractivity contribution in [3.63, 3.8) is 0 Å². The van der Waals surface area contributed by atoms with Gasteiger partial charge in [0.2, 0.25) is 28.3 Å². The number of thioether (sulfide) groups is 2. The minimum atomic E-state index is -1.37. The summed E-state index contributed by atoms with van der Waals surface area (Å²) in [5, 5.41) is 39.8. The number of aromatic amines is 1. The van der Waals surface area contributed by atoms with Gasteiger partial charge in [-0.05, 0) is 28.1 Å². The number of phenolic OH excluding ortho intramolecular Hbond substituents is 1. The Kier molecular flexibility index (Phi) is 9.25. The number of phenols is 1. The molecular formula is C30H32N12O7S2. The van der Waals surface area contributed by atoms with Gasteiger partial charge in [-0.2, -0.15) is 4.98 Å². The largest absolute Gasteiger partial charge is 0.508 e. The topological polar surface area (TPSA) is 254 Å². The molecule has 19 nitrogen and oxygen atoms in total. The third-order valence-electron chi connectivity index (χ3n) is 8.98. The van der Waals surface area contributed by atoms with E-state index in [-0.39, 0.29) is 46.0 Å². The summed E-state index contributed by atoms with van der Waals surface area (Å²) in [7, 11) is 1.64. The Morgan fingerprint density at radius 3 is 2.65 bits per heavy atom. The highest BCUT2D eigenvalue weighted by molar-refractivity contribution is 8.00. The zero-order valence-electron chi connectivity index (χ0n) is 27.0. The lowest BCUT2D eigenvalue weighted by Gasteiger charge is -2.53. The van der Waals surface area contributed by atoms with Crippen LogP contribution in [0.4, 0.5) is 5.95 Å². The Balaban J connectivity index is 1.07. The summed E-state index contributed by atoms with van der Waals surface area (Å²) in [5.74, 6) is -2.50. The molecule has 0 spiro atoms. The van der Waals surface area contributed by atoms with Gasteiger partial charge in [0.15, 0.2) is 0 Å². The molecule has 6 N–H and O–H groups in total. The summed E-state index contributed by atoms with van der Waals surface area (Å²) < 4.78 is 1.43. The third kappa shape index (κ3) is 6.54. The number of fused-ring (bicyclic) bond motifs is 2. The second-order valence-electron chi connectivity index (χ2n) is 12.3. The number of aryl methyl sites for hydroxylation is 1. The molecule has 4 atom stereocenters. The van der Waals surface area contributed by atoms with Gasteiger partial charge in [0.05, 0.1) is 5.39 Å². The number of anilines is 1. The number of carbonyl (C=O) groups excluding carboxylic acids is 3. The normalized spacial score (nSPS) is 22.2. The van der Waals surface area contributed by atoms with Crippen LogP contribution in [0.5, 0.6) is 5.75 Å². The first-order valence-electron chi connectivity index (χ1n) is 15.8. The molecular weight excluding hydrogens is 705 g/mol. The molecule has 3 saturated heterocycles. The van der Waals surface area contributed by atoms with E-state index in [1.807, 2.05) is 4.90 Å². The molecule has 0 saturated carbocycles. The molecule has 0 bridgehead atoms. The molecule has 21 heteroatoms. The number of tetrazole rings is 1. The Labute approximate surface area is 297 Å². The van der Waals surface area contributed by atoms with E-state index >= 15 is 0 Å². The first kappa shape index (κ1) is 34.2. The van der Waals surface area contributed by atoms with Crippen LogP contribution < -0.4 is 26.3 Å². The van der Waals surface area contributed by atoms with E-state index in [1.54, 1.807) is 7.05 Å². The number of β-lactam (4-membered cyclic amide) rings is 1. The second kappa shape index (κ2) is 13.8. The number of amides is 3. The molecule has 51 heavy (non-hydrogen) atoms. The SMILES string of the molecule is Cn1nnnc1SCC1(C(=O)O)CS[C@@H]2C(NC(=O)C(NC(=O)c3c[nH]c4nc(N5CCNCC5)ncc4c3=O)c3ccc(O)cc3)C(=O)N2C1. The van der Waals surface area contributed by atoms with E-state index in [9.17, 15) is 34.2 Å². The smallest absolute Gasteiger partial charge is 0.313 e. The minimum absolute atomic E-state index is 0.0747. The number of rotatable bonds is 10. The lowest BCUT2D eigenvalue weighted by atomic mass is 9.89. The van der Waals surface area contributed by atoms with Gasteiger partial charge in [0, 0.05) is 63.7 Å². The van der Waals surface area contributed by atoms with E-state index < -0.39 is 52.0 Å². The van der Waals surface area contributed by atoms with Gasteiger partial charge in [-0.3, -0.25) is 24.0 Å². The number of aromatic hydroxyl groups is 1. The Hall–Kier alpha value is -5.28. The Morgan fingerprint density at radius 2 is 1.94 bits per heavy atom. The lowest BCUT2D eigenvalue weighted by molar-refractivity contribution is -0.157. The number of carboxylic acid groups (broad SMARTS) is 1. The average Bonchev–Trinajstić information content (AvgIpc) is 3.56. The summed E-state index contributed by atoms with van der Waals surface area (Å²) in [6.07, 6.45) is 2.58. The zero-order chi connectivity index (χ0) is 35.9. The van der Waals surface area contributed by atoms with Crippen LogP contribution in [-0.4, -0.2) is 130 Å². The van der Waals surface area contributed by atoms with E-state index in [2.05, 4.69) is 46.4 Å².